The summed E-state index contributed by atoms with van der Waals surface area (Å²) in [5, 5.41) is 24.7. The number of aryl methyl sites for hydroxylation is 1. The molecule has 0 bridgehead atoms. The highest BCUT2D eigenvalue weighted by Crippen LogP contribution is 2.18. The van der Waals surface area contributed by atoms with E-state index in [9.17, 15) is 14.9 Å². The number of hydrogen-bond donors (Lipinski definition) is 1. The minimum absolute atomic E-state index is 0.0271. The molecule has 0 aliphatic carbocycles. The van der Waals surface area contributed by atoms with Gasteiger partial charge in [-0.05, 0) is 11.6 Å². The van der Waals surface area contributed by atoms with E-state index >= 15 is 0 Å². The van der Waals surface area contributed by atoms with E-state index in [1.54, 1.807) is 24.0 Å². The van der Waals surface area contributed by atoms with Crippen LogP contribution in [-0.2, 0) is 18.3 Å². The van der Waals surface area contributed by atoms with Crippen LogP contribution in [0.15, 0.2) is 40.9 Å². The van der Waals surface area contributed by atoms with Gasteiger partial charge >= 0.3 is 6.01 Å². The molecule has 0 aliphatic heterocycles. The van der Waals surface area contributed by atoms with Crippen LogP contribution < -0.4 is 5.32 Å². The van der Waals surface area contributed by atoms with Crippen molar-refractivity contribution >= 4 is 17.6 Å². The van der Waals surface area contributed by atoms with Gasteiger partial charge in [0.15, 0.2) is 0 Å². The number of anilines is 1. The van der Waals surface area contributed by atoms with Gasteiger partial charge in [-0.25, -0.2) is 0 Å². The van der Waals surface area contributed by atoms with E-state index in [2.05, 4.69) is 20.6 Å². The lowest BCUT2D eigenvalue weighted by Crippen LogP contribution is -2.14. The molecular formula is C14H12N6O4. The largest absolute Gasteiger partial charge is 0.401 e. The number of rotatable bonds is 5. The summed E-state index contributed by atoms with van der Waals surface area (Å²) in [6, 6.07) is 7.39. The van der Waals surface area contributed by atoms with Gasteiger partial charge in [0.25, 0.3) is 11.6 Å². The van der Waals surface area contributed by atoms with Crippen molar-refractivity contribution < 1.29 is 14.1 Å². The molecule has 0 atom stereocenters. The number of carbonyl (C=O) groups excluding carboxylic acids is 1. The molecule has 0 unspecified atom stereocenters. The number of carbonyl (C=O) groups is 1. The highest BCUT2D eigenvalue weighted by atomic mass is 16.6. The zero-order valence-corrected chi connectivity index (χ0v) is 12.5. The summed E-state index contributed by atoms with van der Waals surface area (Å²) in [5.41, 5.74) is 1.10. The number of amides is 1. The second-order valence-corrected chi connectivity index (χ2v) is 4.94. The molecule has 0 fully saturated rings. The molecule has 1 amide bonds. The number of nitrogens with one attached hydrogen (secondary N) is 1. The first-order valence-corrected chi connectivity index (χ1v) is 6.88. The molecule has 0 radical (unpaired) electrons. The Hall–Kier alpha value is -3.56. The van der Waals surface area contributed by atoms with Gasteiger partial charge in [0.1, 0.15) is 5.69 Å². The highest BCUT2D eigenvalue weighted by molar-refractivity contribution is 5.90. The van der Waals surface area contributed by atoms with Crippen LogP contribution in [0.5, 0.6) is 0 Å². The van der Waals surface area contributed by atoms with E-state index in [1.807, 2.05) is 0 Å². The maximum absolute atomic E-state index is 12.0. The van der Waals surface area contributed by atoms with Crippen LogP contribution in [0.3, 0.4) is 0 Å². The fourth-order valence-electron chi connectivity index (χ4n) is 1.99. The van der Waals surface area contributed by atoms with Gasteiger partial charge in [0.05, 0.1) is 11.3 Å². The topological polar surface area (TPSA) is 129 Å². The lowest BCUT2D eigenvalue weighted by molar-refractivity contribution is -0.384. The summed E-state index contributed by atoms with van der Waals surface area (Å²) in [4.78, 5) is 22.0. The molecule has 3 aromatic rings. The Morgan fingerprint density at radius 2 is 2.04 bits per heavy atom. The molecule has 1 aromatic carbocycles. The number of nitrogens with zero attached hydrogens (tertiary/aromatic N) is 5. The average molecular weight is 328 g/mol. The van der Waals surface area contributed by atoms with Crippen molar-refractivity contribution in [3.63, 3.8) is 0 Å². The van der Waals surface area contributed by atoms with Crippen LogP contribution in [0.1, 0.15) is 5.56 Å². The number of aromatic nitrogens is 4. The monoisotopic (exact) mass is 328 g/mol. The van der Waals surface area contributed by atoms with E-state index in [0.717, 1.165) is 0 Å². The fraction of sp³-hybridized carbons (Fsp3) is 0.143. The third-order valence-electron chi connectivity index (χ3n) is 3.12. The van der Waals surface area contributed by atoms with Crippen LogP contribution in [0.4, 0.5) is 11.7 Å². The molecule has 24 heavy (non-hydrogen) atoms. The average Bonchev–Trinajstić information content (AvgIpc) is 3.16. The molecule has 0 saturated heterocycles. The Morgan fingerprint density at radius 1 is 1.29 bits per heavy atom. The number of non-ortho nitro benzene ring substituents is 1. The minimum atomic E-state index is -0.499. The van der Waals surface area contributed by atoms with Crippen LogP contribution in [0.25, 0.3) is 11.6 Å². The van der Waals surface area contributed by atoms with Crippen molar-refractivity contribution in [3.8, 4) is 11.6 Å². The first-order chi connectivity index (χ1) is 11.5. The predicted molar refractivity (Wildman–Crippen MR) is 81.9 cm³/mol. The van der Waals surface area contributed by atoms with Gasteiger partial charge in [-0.2, -0.15) is 5.10 Å². The van der Waals surface area contributed by atoms with Crippen LogP contribution in [0.2, 0.25) is 0 Å². The van der Waals surface area contributed by atoms with Gasteiger partial charge < -0.3 is 4.42 Å². The maximum atomic E-state index is 12.0. The van der Waals surface area contributed by atoms with Gasteiger partial charge in [0.2, 0.25) is 5.91 Å². The first kappa shape index (κ1) is 15.3. The molecule has 3 rings (SSSR count). The van der Waals surface area contributed by atoms with Crippen molar-refractivity contribution in [1.82, 2.24) is 20.0 Å². The molecule has 2 aromatic heterocycles. The fourth-order valence-corrected chi connectivity index (χ4v) is 1.99. The quantitative estimate of drug-likeness (QED) is 0.555. The Bertz CT molecular complexity index is 883. The number of benzene rings is 1. The van der Waals surface area contributed by atoms with Crippen molar-refractivity contribution in [2.75, 3.05) is 5.32 Å². The lowest BCUT2D eigenvalue weighted by atomic mass is 10.1. The molecule has 0 saturated carbocycles. The molecular weight excluding hydrogens is 316 g/mol. The minimum Gasteiger partial charge on any atom is -0.401 e. The molecule has 10 nitrogen and oxygen atoms in total. The van der Waals surface area contributed by atoms with Crippen molar-refractivity contribution in [2.45, 2.75) is 6.42 Å². The highest BCUT2D eigenvalue weighted by Gasteiger charge is 2.14. The lowest BCUT2D eigenvalue weighted by Gasteiger charge is -2.00. The second kappa shape index (κ2) is 6.28. The first-order valence-electron chi connectivity index (χ1n) is 6.88. The van der Waals surface area contributed by atoms with Gasteiger partial charge in [0, 0.05) is 25.4 Å². The smallest absolute Gasteiger partial charge is 0.322 e. The number of nitro benzene ring substituents is 1. The Kier molecular flexibility index (Phi) is 4.01. The summed E-state index contributed by atoms with van der Waals surface area (Å²) < 4.78 is 6.91. The summed E-state index contributed by atoms with van der Waals surface area (Å²) in [6.07, 6.45) is 1.76. The van der Waals surface area contributed by atoms with E-state index in [4.69, 9.17) is 4.42 Å². The van der Waals surface area contributed by atoms with Crippen LogP contribution in [-0.4, -0.2) is 30.8 Å². The summed E-state index contributed by atoms with van der Waals surface area (Å²) >= 11 is 0. The molecule has 10 heteroatoms. The Labute approximate surface area is 135 Å². The van der Waals surface area contributed by atoms with E-state index in [0.29, 0.717) is 11.3 Å². The van der Waals surface area contributed by atoms with Gasteiger partial charge in [-0.3, -0.25) is 24.9 Å². The van der Waals surface area contributed by atoms with E-state index in [1.165, 1.54) is 24.3 Å². The second-order valence-electron chi connectivity index (χ2n) is 4.94. The molecule has 1 N–H and O–H groups in total. The summed E-state index contributed by atoms with van der Waals surface area (Å²) in [5.74, 6) is -0.179. The third-order valence-corrected chi connectivity index (χ3v) is 3.12. The van der Waals surface area contributed by atoms with Gasteiger partial charge in [-0.1, -0.05) is 17.2 Å². The predicted octanol–water partition coefficient (Wildman–Crippen LogP) is 1.56. The summed E-state index contributed by atoms with van der Waals surface area (Å²) in [6.45, 7) is 0. The van der Waals surface area contributed by atoms with Crippen molar-refractivity contribution in [1.29, 1.82) is 0 Å². The molecule has 0 spiro atoms. The standard InChI is InChI=1S/C14H12N6O4/c1-19-7-6-11(18-19)13-16-17-14(24-13)15-12(21)8-9-2-4-10(5-3-9)20(22)23/h2-7H,8H2,1H3,(H,15,17,21). The van der Waals surface area contributed by atoms with E-state index in [-0.39, 0.29) is 29.9 Å². The van der Waals surface area contributed by atoms with Crippen molar-refractivity contribution in [3.05, 3.63) is 52.2 Å². The zero-order valence-electron chi connectivity index (χ0n) is 12.5. The SMILES string of the molecule is Cn1ccc(-c2nnc(NC(=O)Cc3ccc([N+](=O)[O-])cc3)o2)n1. The number of hydrogen-bond acceptors (Lipinski definition) is 7. The number of nitro groups is 1. The Morgan fingerprint density at radius 3 is 2.67 bits per heavy atom. The molecule has 0 aliphatic rings. The van der Waals surface area contributed by atoms with Crippen LogP contribution in [0, 0.1) is 10.1 Å². The third kappa shape index (κ3) is 3.43. The molecule has 122 valence electrons. The van der Waals surface area contributed by atoms with Crippen LogP contribution >= 0.6 is 0 Å². The van der Waals surface area contributed by atoms with Crippen molar-refractivity contribution in [2.24, 2.45) is 7.05 Å². The zero-order chi connectivity index (χ0) is 17.1. The molecule has 2 heterocycles. The Balaban J connectivity index is 1.62. The maximum Gasteiger partial charge on any atom is 0.322 e. The summed E-state index contributed by atoms with van der Waals surface area (Å²) in [7, 11) is 1.76. The normalized spacial score (nSPS) is 10.5. The van der Waals surface area contributed by atoms with E-state index < -0.39 is 4.92 Å². The van der Waals surface area contributed by atoms with Gasteiger partial charge in [-0.15, -0.1) is 5.10 Å².